The van der Waals surface area contributed by atoms with E-state index in [9.17, 15) is 0 Å². The zero-order valence-electron chi connectivity index (χ0n) is 7.91. The zero-order chi connectivity index (χ0) is 11.9. The largest absolute Gasteiger partial charge is 0.497 e. The van der Waals surface area contributed by atoms with Crippen LogP contribution in [0.25, 0.3) is 0 Å². The molecule has 1 rings (SSSR count). The summed E-state index contributed by atoms with van der Waals surface area (Å²) in [6.45, 7) is 0. The summed E-state index contributed by atoms with van der Waals surface area (Å²) in [5.74, 6) is 5.98. The maximum absolute atomic E-state index is 8.74. The molecule has 0 unspecified atom stereocenters. The van der Waals surface area contributed by atoms with Crippen molar-refractivity contribution in [2.45, 2.75) is 0 Å². The second-order valence-corrected chi connectivity index (χ2v) is 3.22. The molecule has 1 aromatic rings. The molecule has 0 atom stereocenters. The van der Waals surface area contributed by atoms with Crippen molar-refractivity contribution in [1.82, 2.24) is 0 Å². The minimum absolute atomic E-state index is 0.832. The molecule has 0 aliphatic rings. The van der Waals surface area contributed by atoms with Gasteiger partial charge in [0.05, 0.1) is 7.11 Å². The molecule has 0 aliphatic carbocycles. The van der Waals surface area contributed by atoms with Crippen molar-refractivity contribution in [2.24, 2.45) is 5.84 Å². The van der Waals surface area contributed by atoms with E-state index in [-0.39, 0.29) is 0 Å². The van der Waals surface area contributed by atoms with Gasteiger partial charge in [-0.2, -0.15) is 8.42 Å². The maximum Gasteiger partial charge on any atom is 0.394 e. The van der Waals surface area contributed by atoms with E-state index in [1.807, 2.05) is 24.3 Å². The van der Waals surface area contributed by atoms with E-state index in [1.165, 1.54) is 0 Å². The molecule has 0 spiro atoms. The molecule has 15 heavy (non-hydrogen) atoms. The van der Waals surface area contributed by atoms with Gasteiger partial charge >= 0.3 is 10.4 Å². The van der Waals surface area contributed by atoms with Crippen molar-refractivity contribution in [3.05, 3.63) is 24.3 Å². The highest BCUT2D eigenvalue weighted by Crippen LogP contribution is 2.13. The smallest absolute Gasteiger partial charge is 0.394 e. The third-order valence-electron chi connectivity index (χ3n) is 1.26. The number of nitrogens with two attached hydrogens (primary N) is 1. The molecule has 8 heteroatoms. The van der Waals surface area contributed by atoms with Gasteiger partial charge in [-0.1, -0.05) is 0 Å². The molecule has 0 bridgehead atoms. The van der Waals surface area contributed by atoms with Gasteiger partial charge in [0, 0.05) is 5.69 Å². The Labute approximate surface area is 87.4 Å². The van der Waals surface area contributed by atoms with E-state index >= 15 is 0 Å². The van der Waals surface area contributed by atoms with Gasteiger partial charge in [-0.15, -0.1) is 0 Å². The molecular formula is C7H12N2O5S. The lowest BCUT2D eigenvalue weighted by Gasteiger charge is -2.00. The predicted octanol–water partition coefficient (Wildman–Crippen LogP) is 0.328. The van der Waals surface area contributed by atoms with Crippen molar-refractivity contribution in [3.63, 3.8) is 0 Å². The molecular weight excluding hydrogens is 224 g/mol. The Hall–Kier alpha value is -1.35. The summed E-state index contributed by atoms with van der Waals surface area (Å²) >= 11 is 0. The van der Waals surface area contributed by atoms with E-state index < -0.39 is 10.4 Å². The molecule has 0 aromatic heterocycles. The van der Waals surface area contributed by atoms with Crippen molar-refractivity contribution in [1.29, 1.82) is 0 Å². The third kappa shape index (κ3) is 8.97. The normalized spacial score (nSPS) is 9.87. The zero-order valence-corrected chi connectivity index (χ0v) is 8.73. The molecule has 0 fully saturated rings. The number of hydrazine groups is 1. The highest BCUT2D eigenvalue weighted by Gasteiger charge is 1.88. The summed E-state index contributed by atoms with van der Waals surface area (Å²) in [6, 6.07) is 7.38. The lowest BCUT2D eigenvalue weighted by atomic mass is 10.3. The molecule has 0 heterocycles. The molecule has 7 nitrogen and oxygen atoms in total. The molecule has 0 saturated heterocycles. The van der Waals surface area contributed by atoms with Gasteiger partial charge in [0.2, 0.25) is 0 Å². The van der Waals surface area contributed by atoms with Crippen LogP contribution in [0.3, 0.4) is 0 Å². The average molecular weight is 236 g/mol. The first-order valence-electron chi connectivity index (χ1n) is 3.67. The number of methoxy groups -OCH3 is 1. The van der Waals surface area contributed by atoms with Crippen LogP contribution in [-0.4, -0.2) is 24.6 Å². The number of hydrogen-bond donors (Lipinski definition) is 4. The fourth-order valence-corrected chi connectivity index (χ4v) is 0.687. The van der Waals surface area contributed by atoms with Crippen LogP contribution in [0.2, 0.25) is 0 Å². The minimum atomic E-state index is -4.67. The molecule has 0 saturated carbocycles. The fourth-order valence-electron chi connectivity index (χ4n) is 0.687. The summed E-state index contributed by atoms with van der Waals surface area (Å²) in [6.07, 6.45) is 0. The van der Waals surface area contributed by atoms with Gasteiger partial charge in [0.25, 0.3) is 0 Å². The van der Waals surface area contributed by atoms with Crippen LogP contribution in [0, 0.1) is 0 Å². The van der Waals surface area contributed by atoms with Crippen molar-refractivity contribution in [3.8, 4) is 5.75 Å². The Kier molecular flexibility index (Phi) is 5.64. The van der Waals surface area contributed by atoms with Gasteiger partial charge in [0.1, 0.15) is 5.75 Å². The van der Waals surface area contributed by atoms with Crippen molar-refractivity contribution >= 4 is 16.1 Å². The standard InChI is InChI=1S/C7H10N2O.H2O4S/c1-10-7-4-2-6(9-8)3-5-7;1-5(2,3)4/h2-5,9H,8H2,1H3;(H2,1,2,3,4). The lowest BCUT2D eigenvalue weighted by Crippen LogP contribution is -2.05. The molecule has 0 radical (unpaired) electrons. The Bertz CT molecular complexity index is 344. The molecule has 0 amide bonds. The number of rotatable bonds is 2. The van der Waals surface area contributed by atoms with E-state index in [4.69, 9.17) is 28.1 Å². The van der Waals surface area contributed by atoms with Gasteiger partial charge in [0.15, 0.2) is 0 Å². The quantitative estimate of drug-likeness (QED) is 0.331. The number of benzene rings is 1. The first kappa shape index (κ1) is 13.7. The van der Waals surface area contributed by atoms with Crippen LogP contribution in [0.15, 0.2) is 24.3 Å². The van der Waals surface area contributed by atoms with Crippen LogP contribution >= 0.6 is 0 Å². The van der Waals surface area contributed by atoms with Gasteiger partial charge in [-0.05, 0) is 24.3 Å². The Morgan fingerprint density at radius 2 is 1.67 bits per heavy atom. The fraction of sp³-hybridized carbons (Fsp3) is 0.143. The first-order valence-corrected chi connectivity index (χ1v) is 5.07. The number of nitrogen functional groups attached to an aromatic ring is 1. The topological polar surface area (TPSA) is 122 Å². The lowest BCUT2D eigenvalue weighted by molar-refractivity contribution is 0.381. The van der Waals surface area contributed by atoms with Gasteiger partial charge < -0.3 is 10.2 Å². The molecule has 0 aliphatic heterocycles. The van der Waals surface area contributed by atoms with Gasteiger partial charge in [-0.3, -0.25) is 14.9 Å². The third-order valence-corrected chi connectivity index (χ3v) is 1.26. The van der Waals surface area contributed by atoms with Crippen LogP contribution in [0.5, 0.6) is 5.75 Å². The Morgan fingerprint density at radius 3 is 1.93 bits per heavy atom. The average Bonchev–Trinajstić information content (AvgIpc) is 2.15. The van der Waals surface area contributed by atoms with E-state index in [1.54, 1.807) is 7.11 Å². The number of ether oxygens (including phenoxy) is 1. The van der Waals surface area contributed by atoms with E-state index in [0.717, 1.165) is 11.4 Å². The summed E-state index contributed by atoms with van der Waals surface area (Å²) in [5.41, 5.74) is 3.40. The Balaban J connectivity index is 0.000000336. The van der Waals surface area contributed by atoms with Gasteiger partial charge in [-0.25, -0.2) is 0 Å². The second kappa shape index (κ2) is 6.19. The summed E-state index contributed by atoms with van der Waals surface area (Å²) in [5, 5.41) is 0. The maximum atomic E-state index is 8.74. The highest BCUT2D eigenvalue weighted by molar-refractivity contribution is 7.79. The highest BCUT2D eigenvalue weighted by atomic mass is 32.3. The summed E-state index contributed by atoms with van der Waals surface area (Å²) < 4.78 is 36.5. The summed E-state index contributed by atoms with van der Waals surface area (Å²) in [4.78, 5) is 0. The summed E-state index contributed by atoms with van der Waals surface area (Å²) in [7, 11) is -3.04. The number of nitrogens with one attached hydrogen (secondary N) is 1. The van der Waals surface area contributed by atoms with Crippen molar-refractivity contribution in [2.75, 3.05) is 12.5 Å². The van der Waals surface area contributed by atoms with Crippen LogP contribution in [0.4, 0.5) is 5.69 Å². The predicted molar refractivity (Wildman–Crippen MR) is 55.0 cm³/mol. The monoisotopic (exact) mass is 236 g/mol. The minimum Gasteiger partial charge on any atom is -0.497 e. The Morgan fingerprint density at radius 1 is 1.27 bits per heavy atom. The van der Waals surface area contributed by atoms with Crippen molar-refractivity contribution < 1.29 is 22.3 Å². The number of hydrogen-bond acceptors (Lipinski definition) is 5. The SMILES string of the molecule is COc1ccc(NN)cc1.O=S(=O)(O)O. The van der Waals surface area contributed by atoms with Crippen LogP contribution in [-0.2, 0) is 10.4 Å². The van der Waals surface area contributed by atoms with E-state index in [2.05, 4.69) is 5.43 Å². The molecule has 1 aromatic carbocycles. The van der Waals surface area contributed by atoms with E-state index in [0.29, 0.717) is 0 Å². The second-order valence-electron chi connectivity index (χ2n) is 2.32. The molecule has 86 valence electrons. The first-order chi connectivity index (χ1) is 6.86. The van der Waals surface area contributed by atoms with Crippen LogP contribution in [0.1, 0.15) is 0 Å². The molecule has 5 N–H and O–H groups in total. The number of anilines is 1. The van der Waals surface area contributed by atoms with Crippen LogP contribution < -0.4 is 16.0 Å².